The van der Waals surface area contributed by atoms with Gasteiger partial charge in [0.1, 0.15) is 0 Å². The molecule has 0 unspecified atom stereocenters. The van der Waals surface area contributed by atoms with Crippen molar-refractivity contribution in [2.24, 2.45) is 0 Å². The van der Waals surface area contributed by atoms with Crippen molar-refractivity contribution in [1.29, 1.82) is 0 Å². The van der Waals surface area contributed by atoms with Crippen LogP contribution in [0.1, 0.15) is 11.5 Å². The fourth-order valence-electron chi connectivity index (χ4n) is 2.13. The lowest BCUT2D eigenvalue weighted by atomic mass is 9.94. The smallest absolute Gasteiger partial charge is 0.344 e. The summed E-state index contributed by atoms with van der Waals surface area (Å²) in [5.41, 5.74) is 0.926. The maximum Gasteiger partial charge on any atom is 0.471 e. The van der Waals surface area contributed by atoms with E-state index in [1.165, 1.54) is 0 Å². The van der Waals surface area contributed by atoms with E-state index in [-0.39, 0.29) is 5.92 Å². The number of halogens is 3. The lowest BCUT2D eigenvalue weighted by Crippen LogP contribution is -2.46. The molecule has 1 amide bonds. The van der Waals surface area contributed by atoms with Crippen LogP contribution in [0.15, 0.2) is 30.3 Å². The summed E-state index contributed by atoms with van der Waals surface area (Å²) in [7, 11) is 0. The van der Waals surface area contributed by atoms with Gasteiger partial charge in [-0.25, -0.2) is 0 Å². The van der Waals surface area contributed by atoms with E-state index in [9.17, 15) is 18.0 Å². The molecule has 0 spiro atoms. The van der Waals surface area contributed by atoms with Crippen LogP contribution in [0.3, 0.4) is 0 Å². The molecule has 2 N–H and O–H groups in total. The predicted molar refractivity (Wildman–Crippen MR) is 60.0 cm³/mol. The first kappa shape index (κ1) is 12.9. The highest BCUT2D eigenvalue weighted by Crippen LogP contribution is 2.24. The van der Waals surface area contributed by atoms with Crippen LogP contribution >= 0.6 is 0 Å². The van der Waals surface area contributed by atoms with Gasteiger partial charge < -0.3 is 10.6 Å². The van der Waals surface area contributed by atoms with Crippen molar-refractivity contribution in [1.82, 2.24) is 10.6 Å². The number of alkyl halides is 3. The summed E-state index contributed by atoms with van der Waals surface area (Å²) in [6.07, 6.45) is -4.83. The van der Waals surface area contributed by atoms with E-state index < -0.39 is 18.1 Å². The number of amides is 1. The van der Waals surface area contributed by atoms with Gasteiger partial charge in [-0.2, -0.15) is 13.2 Å². The Balaban J connectivity index is 2.07. The third-order valence-electron chi connectivity index (χ3n) is 3.02. The first-order chi connectivity index (χ1) is 8.48. The van der Waals surface area contributed by atoms with E-state index in [0.29, 0.717) is 13.1 Å². The van der Waals surface area contributed by atoms with E-state index in [1.807, 2.05) is 35.6 Å². The number of carbonyl (C=O) groups is 1. The van der Waals surface area contributed by atoms with Gasteiger partial charge >= 0.3 is 12.1 Å². The molecule has 2 atom stereocenters. The van der Waals surface area contributed by atoms with Crippen LogP contribution < -0.4 is 10.6 Å². The number of nitrogens with one attached hydrogen (secondary N) is 2. The molecular formula is C12H13F3N2O. The highest BCUT2D eigenvalue weighted by atomic mass is 19.4. The molecule has 6 heteroatoms. The molecule has 0 aromatic heterocycles. The first-order valence-corrected chi connectivity index (χ1v) is 5.62. The summed E-state index contributed by atoms with van der Waals surface area (Å²) in [6.45, 7) is 0.911. The monoisotopic (exact) mass is 258 g/mol. The zero-order valence-electron chi connectivity index (χ0n) is 9.50. The normalized spacial score (nSPS) is 23.9. The minimum atomic E-state index is -4.83. The van der Waals surface area contributed by atoms with Crippen molar-refractivity contribution in [2.45, 2.75) is 18.1 Å². The molecular weight excluding hydrogens is 245 g/mol. The van der Waals surface area contributed by atoms with Crippen LogP contribution in [-0.4, -0.2) is 31.2 Å². The minimum Gasteiger partial charge on any atom is -0.344 e. The van der Waals surface area contributed by atoms with Crippen molar-refractivity contribution in [2.75, 3.05) is 13.1 Å². The Kier molecular flexibility index (Phi) is 3.56. The van der Waals surface area contributed by atoms with Gasteiger partial charge in [-0.05, 0) is 5.56 Å². The van der Waals surface area contributed by atoms with Crippen molar-refractivity contribution >= 4 is 5.91 Å². The Hall–Kier alpha value is -1.56. The third-order valence-corrected chi connectivity index (χ3v) is 3.02. The highest BCUT2D eigenvalue weighted by Gasteiger charge is 2.41. The number of hydrogen-bond acceptors (Lipinski definition) is 2. The predicted octanol–water partition coefficient (Wildman–Crippen LogP) is 1.42. The number of benzene rings is 1. The molecule has 98 valence electrons. The van der Waals surface area contributed by atoms with Crippen molar-refractivity contribution in [3.8, 4) is 0 Å². The molecule has 1 aromatic carbocycles. The topological polar surface area (TPSA) is 41.1 Å². The maximum atomic E-state index is 12.2. The molecule has 18 heavy (non-hydrogen) atoms. The maximum absolute atomic E-state index is 12.2. The second kappa shape index (κ2) is 4.97. The average molecular weight is 258 g/mol. The number of carbonyl (C=O) groups excluding carboxylic acids is 1. The van der Waals surface area contributed by atoms with Crippen molar-refractivity contribution < 1.29 is 18.0 Å². The first-order valence-electron chi connectivity index (χ1n) is 5.62. The zero-order chi connectivity index (χ0) is 13.2. The van der Waals surface area contributed by atoms with Crippen molar-refractivity contribution in [3.63, 3.8) is 0 Å². The van der Waals surface area contributed by atoms with Gasteiger partial charge in [0, 0.05) is 25.0 Å². The van der Waals surface area contributed by atoms with Crippen LogP contribution in [0, 0.1) is 0 Å². The van der Waals surface area contributed by atoms with Crippen molar-refractivity contribution in [3.05, 3.63) is 35.9 Å². The summed E-state index contributed by atoms with van der Waals surface area (Å²) < 4.78 is 36.6. The Bertz CT molecular complexity index is 419. The molecule has 1 heterocycles. The van der Waals surface area contributed by atoms with Gasteiger partial charge in [-0.3, -0.25) is 4.79 Å². The average Bonchev–Trinajstić information content (AvgIpc) is 2.77. The van der Waals surface area contributed by atoms with Crippen LogP contribution in [0.2, 0.25) is 0 Å². The Labute approximate surface area is 102 Å². The highest BCUT2D eigenvalue weighted by molar-refractivity contribution is 5.82. The molecule has 1 aliphatic heterocycles. The van der Waals surface area contributed by atoms with Gasteiger partial charge in [-0.1, -0.05) is 30.3 Å². The standard InChI is InChI=1S/C12H13F3N2O/c13-12(14,15)11(18)17-10-7-16-6-9(10)8-4-2-1-3-5-8/h1-5,9-10,16H,6-7H2,(H,17,18)/t9-,10-/m0/s1. The molecule has 0 radical (unpaired) electrons. The second-order valence-corrected chi connectivity index (χ2v) is 4.25. The van der Waals surface area contributed by atoms with Gasteiger partial charge in [0.2, 0.25) is 0 Å². The van der Waals surface area contributed by atoms with Gasteiger partial charge in [0.05, 0.1) is 0 Å². The van der Waals surface area contributed by atoms with Crippen LogP contribution in [0.4, 0.5) is 13.2 Å². The van der Waals surface area contributed by atoms with Crippen LogP contribution in [0.25, 0.3) is 0 Å². The third kappa shape index (κ3) is 2.81. The summed E-state index contributed by atoms with van der Waals surface area (Å²) in [5.74, 6) is -2.00. The van der Waals surface area contributed by atoms with Gasteiger partial charge in [0.25, 0.3) is 0 Å². The summed E-state index contributed by atoms with van der Waals surface area (Å²) in [6, 6.07) is 8.68. The Morgan fingerprint density at radius 3 is 2.50 bits per heavy atom. The zero-order valence-corrected chi connectivity index (χ0v) is 9.50. The molecule has 1 aromatic rings. The molecule has 0 aliphatic carbocycles. The van der Waals surface area contributed by atoms with E-state index >= 15 is 0 Å². The van der Waals surface area contributed by atoms with Gasteiger partial charge in [-0.15, -0.1) is 0 Å². The fraction of sp³-hybridized carbons (Fsp3) is 0.417. The molecule has 1 saturated heterocycles. The molecule has 1 fully saturated rings. The molecule has 2 rings (SSSR count). The second-order valence-electron chi connectivity index (χ2n) is 4.25. The quantitative estimate of drug-likeness (QED) is 0.842. The van der Waals surface area contributed by atoms with Gasteiger partial charge in [0.15, 0.2) is 0 Å². The molecule has 3 nitrogen and oxygen atoms in total. The summed E-state index contributed by atoms with van der Waals surface area (Å²) in [4.78, 5) is 10.9. The SMILES string of the molecule is O=C(N[C@H]1CNC[C@H]1c1ccccc1)C(F)(F)F. The largest absolute Gasteiger partial charge is 0.471 e. The molecule has 0 bridgehead atoms. The lowest BCUT2D eigenvalue weighted by Gasteiger charge is -2.21. The fourth-order valence-corrected chi connectivity index (χ4v) is 2.13. The summed E-state index contributed by atoms with van der Waals surface area (Å²) in [5, 5.41) is 5.04. The number of rotatable bonds is 2. The molecule has 0 saturated carbocycles. The Morgan fingerprint density at radius 1 is 1.22 bits per heavy atom. The minimum absolute atomic E-state index is 0.127. The van der Waals surface area contributed by atoms with E-state index in [0.717, 1.165) is 5.56 Å². The van der Waals surface area contributed by atoms with Crippen LogP contribution in [0.5, 0.6) is 0 Å². The molecule has 1 aliphatic rings. The Morgan fingerprint density at radius 2 is 1.89 bits per heavy atom. The summed E-state index contributed by atoms with van der Waals surface area (Å²) >= 11 is 0. The van der Waals surface area contributed by atoms with E-state index in [1.54, 1.807) is 0 Å². The lowest BCUT2D eigenvalue weighted by molar-refractivity contribution is -0.174. The van der Waals surface area contributed by atoms with E-state index in [4.69, 9.17) is 0 Å². The van der Waals surface area contributed by atoms with Crippen LogP contribution in [-0.2, 0) is 4.79 Å². The number of hydrogen-bond donors (Lipinski definition) is 2. The van der Waals surface area contributed by atoms with E-state index in [2.05, 4.69) is 5.32 Å².